The van der Waals surface area contributed by atoms with Crippen molar-refractivity contribution in [3.63, 3.8) is 0 Å². The molecule has 0 aliphatic heterocycles. The molecule has 0 amide bonds. The fraction of sp³-hybridized carbons (Fsp3) is 0.364. The summed E-state index contributed by atoms with van der Waals surface area (Å²) in [5.74, 6) is -1.94. The van der Waals surface area contributed by atoms with Gasteiger partial charge in [-0.1, -0.05) is 12.1 Å². The lowest BCUT2D eigenvalue weighted by Crippen LogP contribution is -2.59. The lowest BCUT2D eigenvalue weighted by Gasteiger charge is -2.28. The monoisotopic (exact) mass is 373 g/mol. The largest absolute Gasteiger partial charge is 0.480 e. The lowest BCUT2D eigenvalue weighted by molar-refractivity contribution is -0.206. The highest BCUT2D eigenvalue weighted by Crippen LogP contribution is 2.30. The third-order valence-electron chi connectivity index (χ3n) is 2.55. The van der Waals surface area contributed by atoms with Gasteiger partial charge in [-0.15, -0.1) is 0 Å². The van der Waals surface area contributed by atoms with E-state index in [0.717, 1.165) is 3.57 Å². The molecular weight excluding hydrogens is 362 g/mol. The van der Waals surface area contributed by atoms with Crippen LogP contribution in [0.1, 0.15) is 12.5 Å². The van der Waals surface area contributed by atoms with Gasteiger partial charge in [0.25, 0.3) is 0 Å². The summed E-state index contributed by atoms with van der Waals surface area (Å²) >= 11 is 2.07. The van der Waals surface area contributed by atoms with E-state index >= 15 is 0 Å². The Morgan fingerprint density at radius 2 is 1.83 bits per heavy atom. The fourth-order valence-electron chi connectivity index (χ4n) is 1.18. The van der Waals surface area contributed by atoms with Crippen LogP contribution in [0.15, 0.2) is 24.3 Å². The SMILES string of the molecule is CC(NCc1ccc(I)cc1)(C(=O)O)C(F)(F)F. The molecule has 0 heterocycles. The number of benzene rings is 1. The van der Waals surface area contributed by atoms with Crippen molar-refractivity contribution in [3.05, 3.63) is 33.4 Å². The van der Waals surface area contributed by atoms with Crippen LogP contribution in [0, 0.1) is 3.57 Å². The minimum atomic E-state index is -4.86. The third kappa shape index (κ3) is 3.35. The maximum Gasteiger partial charge on any atom is 0.417 e. The van der Waals surface area contributed by atoms with E-state index in [-0.39, 0.29) is 6.54 Å². The van der Waals surface area contributed by atoms with Crippen molar-refractivity contribution in [2.45, 2.75) is 25.2 Å². The van der Waals surface area contributed by atoms with Crippen molar-refractivity contribution in [1.82, 2.24) is 5.32 Å². The summed E-state index contributed by atoms with van der Waals surface area (Å²) in [6, 6.07) is 6.77. The second-order valence-corrected chi connectivity index (χ2v) is 5.15. The summed E-state index contributed by atoms with van der Waals surface area (Å²) in [6.45, 7) is 0.446. The summed E-state index contributed by atoms with van der Waals surface area (Å²) in [6.07, 6.45) is -4.86. The van der Waals surface area contributed by atoms with E-state index in [1.807, 2.05) is 5.32 Å². The molecule has 0 spiro atoms. The number of alkyl halides is 3. The molecule has 0 bridgehead atoms. The minimum absolute atomic E-state index is 0.167. The fourth-order valence-corrected chi connectivity index (χ4v) is 1.54. The minimum Gasteiger partial charge on any atom is -0.480 e. The van der Waals surface area contributed by atoms with Gasteiger partial charge in [0.15, 0.2) is 0 Å². The van der Waals surface area contributed by atoms with Gasteiger partial charge in [-0.05, 0) is 47.2 Å². The lowest BCUT2D eigenvalue weighted by atomic mass is 10.0. The van der Waals surface area contributed by atoms with Gasteiger partial charge in [-0.2, -0.15) is 13.2 Å². The Balaban J connectivity index is 2.81. The molecular formula is C11H11F3INO2. The molecule has 0 saturated heterocycles. The molecule has 0 radical (unpaired) electrons. The molecule has 0 fully saturated rings. The summed E-state index contributed by atoms with van der Waals surface area (Å²) in [5, 5.41) is 10.8. The number of nitrogens with one attached hydrogen (secondary N) is 1. The van der Waals surface area contributed by atoms with E-state index in [1.54, 1.807) is 24.3 Å². The highest BCUT2D eigenvalue weighted by molar-refractivity contribution is 14.1. The van der Waals surface area contributed by atoms with E-state index in [0.29, 0.717) is 12.5 Å². The average Bonchev–Trinajstić information content (AvgIpc) is 2.26. The molecule has 0 aromatic heterocycles. The van der Waals surface area contributed by atoms with Gasteiger partial charge in [-0.3, -0.25) is 5.32 Å². The van der Waals surface area contributed by atoms with Crippen LogP contribution in [0.3, 0.4) is 0 Å². The zero-order valence-electron chi connectivity index (χ0n) is 9.38. The van der Waals surface area contributed by atoms with E-state index in [4.69, 9.17) is 5.11 Å². The van der Waals surface area contributed by atoms with Crippen molar-refractivity contribution >= 4 is 28.6 Å². The number of aliphatic carboxylic acids is 1. The number of rotatable bonds is 4. The number of halogens is 4. The number of carbonyl (C=O) groups is 1. The first kappa shape index (κ1) is 15.2. The predicted octanol–water partition coefficient (Wildman–Crippen LogP) is 2.79. The smallest absolute Gasteiger partial charge is 0.417 e. The van der Waals surface area contributed by atoms with Gasteiger partial charge < -0.3 is 5.11 Å². The summed E-state index contributed by atoms with van der Waals surface area (Å²) < 4.78 is 39.0. The molecule has 0 aliphatic carbocycles. The van der Waals surface area contributed by atoms with Crippen molar-refractivity contribution in [2.24, 2.45) is 0 Å². The van der Waals surface area contributed by atoms with Gasteiger partial charge in [0, 0.05) is 10.1 Å². The Labute approximate surface area is 116 Å². The quantitative estimate of drug-likeness (QED) is 0.799. The van der Waals surface area contributed by atoms with Crippen molar-refractivity contribution < 1.29 is 23.1 Å². The number of carboxylic acids is 1. The maximum atomic E-state index is 12.7. The van der Waals surface area contributed by atoms with E-state index in [1.165, 1.54) is 0 Å². The molecule has 1 unspecified atom stereocenters. The first-order chi connectivity index (χ1) is 8.17. The van der Waals surface area contributed by atoms with E-state index in [2.05, 4.69) is 22.6 Å². The van der Waals surface area contributed by atoms with E-state index < -0.39 is 17.7 Å². The second kappa shape index (κ2) is 5.43. The Morgan fingerprint density at radius 3 is 2.22 bits per heavy atom. The number of hydrogen-bond donors (Lipinski definition) is 2. The van der Waals surface area contributed by atoms with Crippen LogP contribution in [0.2, 0.25) is 0 Å². The predicted molar refractivity (Wildman–Crippen MR) is 68.1 cm³/mol. The zero-order valence-corrected chi connectivity index (χ0v) is 11.5. The van der Waals surface area contributed by atoms with Crippen molar-refractivity contribution in [2.75, 3.05) is 0 Å². The van der Waals surface area contributed by atoms with Gasteiger partial charge in [0.1, 0.15) is 0 Å². The summed E-state index contributed by atoms with van der Waals surface area (Å²) in [7, 11) is 0. The molecule has 18 heavy (non-hydrogen) atoms. The van der Waals surface area contributed by atoms with Gasteiger partial charge >= 0.3 is 12.1 Å². The van der Waals surface area contributed by atoms with E-state index in [9.17, 15) is 18.0 Å². The summed E-state index contributed by atoms with van der Waals surface area (Å²) in [5.41, 5.74) is -2.36. The van der Waals surface area contributed by atoms with Crippen LogP contribution in [-0.4, -0.2) is 22.8 Å². The molecule has 1 aromatic rings. The molecule has 1 aromatic carbocycles. The molecule has 0 aliphatic rings. The number of carboxylic acid groups (broad SMARTS) is 1. The number of hydrogen-bond acceptors (Lipinski definition) is 2. The maximum absolute atomic E-state index is 12.7. The Kier molecular flexibility index (Phi) is 4.60. The Bertz CT molecular complexity index is 433. The molecule has 7 heteroatoms. The van der Waals surface area contributed by atoms with Gasteiger partial charge in [-0.25, -0.2) is 4.79 Å². The van der Waals surface area contributed by atoms with Crippen LogP contribution < -0.4 is 5.32 Å². The molecule has 100 valence electrons. The first-order valence-corrected chi connectivity index (χ1v) is 6.04. The standard InChI is InChI=1S/C11H11F3INO2/c1-10(9(17)18,11(12,13)14)16-6-7-2-4-8(15)5-3-7/h2-5,16H,6H2,1H3,(H,17,18). The van der Waals surface area contributed by atoms with Crippen LogP contribution in [0.25, 0.3) is 0 Å². The Morgan fingerprint density at radius 1 is 1.33 bits per heavy atom. The second-order valence-electron chi connectivity index (χ2n) is 3.91. The van der Waals surface area contributed by atoms with Crippen LogP contribution in [0.5, 0.6) is 0 Å². The zero-order chi connectivity index (χ0) is 14.0. The van der Waals surface area contributed by atoms with Crippen molar-refractivity contribution in [3.8, 4) is 0 Å². The molecule has 2 N–H and O–H groups in total. The first-order valence-electron chi connectivity index (χ1n) is 4.96. The molecule has 1 rings (SSSR count). The molecule has 0 saturated carbocycles. The molecule has 1 atom stereocenters. The normalized spacial score (nSPS) is 15.2. The topological polar surface area (TPSA) is 49.3 Å². The average molecular weight is 373 g/mol. The van der Waals surface area contributed by atoms with Gasteiger partial charge in [0.2, 0.25) is 5.54 Å². The van der Waals surface area contributed by atoms with Crippen LogP contribution in [0.4, 0.5) is 13.2 Å². The van der Waals surface area contributed by atoms with Crippen molar-refractivity contribution in [1.29, 1.82) is 0 Å². The van der Waals surface area contributed by atoms with Gasteiger partial charge in [0.05, 0.1) is 0 Å². The van der Waals surface area contributed by atoms with Crippen LogP contribution >= 0.6 is 22.6 Å². The molecule has 3 nitrogen and oxygen atoms in total. The van der Waals surface area contributed by atoms with Crippen LogP contribution in [-0.2, 0) is 11.3 Å². The highest BCUT2D eigenvalue weighted by Gasteiger charge is 2.57. The third-order valence-corrected chi connectivity index (χ3v) is 3.27. The highest BCUT2D eigenvalue weighted by atomic mass is 127. The summed E-state index contributed by atoms with van der Waals surface area (Å²) in [4.78, 5) is 10.8. The Hall–Kier alpha value is -0.830.